The SMILES string of the molecule is COc1ccccc1OCCC(=O)N(Cc1ccc(C#N)cc1)C(C)C. The van der Waals surface area contributed by atoms with Gasteiger partial charge < -0.3 is 14.4 Å². The van der Waals surface area contributed by atoms with E-state index in [0.29, 0.717) is 23.6 Å². The van der Waals surface area contributed by atoms with Gasteiger partial charge in [0.2, 0.25) is 5.91 Å². The molecule has 0 radical (unpaired) electrons. The number of rotatable bonds is 8. The Morgan fingerprint density at radius 1 is 1.12 bits per heavy atom. The predicted octanol–water partition coefficient (Wildman–Crippen LogP) is 3.77. The van der Waals surface area contributed by atoms with Crippen molar-refractivity contribution < 1.29 is 14.3 Å². The van der Waals surface area contributed by atoms with E-state index in [1.807, 2.05) is 55.1 Å². The molecule has 5 heteroatoms. The van der Waals surface area contributed by atoms with Gasteiger partial charge in [-0.3, -0.25) is 4.79 Å². The molecule has 2 aromatic carbocycles. The average molecular weight is 352 g/mol. The van der Waals surface area contributed by atoms with Crippen molar-refractivity contribution in [1.29, 1.82) is 5.26 Å². The van der Waals surface area contributed by atoms with Gasteiger partial charge in [0.1, 0.15) is 0 Å². The Morgan fingerprint density at radius 2 is 1.77 bits per heavy atom. The number of amides is 1. The van der Waals surface area contributed by atoms with E-state index in [4.69, 9.17) is 14.7 Å². The fourth-order valence-electron chi connectivity index (χ4n) is 2.57. The molecular formula is C21H24N2O3. The summed E-state index contributed by atoms with van der Waals surface area (Å²) >= 11 is 0. The standard InChI is InChI=1S/C21H24N2O3/c1-16(2)23(15-18-10-8-17(14-22)9-11-18)21(24)12-13-26-20-7-5-4-6-19(20)25-3/h4-11,16H,12-13,15H2,1-3H3. The number of hydrogen-bond acceptors (Lipinski definition) is 4. The Kier molecular flexibility index (Phi) is 7.04. The Hall–Kier alpha value is -3.00. The average Bonchev–Trinajstić information content (AvgIpc) is 2.66. The molecule has 2 rings (SSSR count). The molecule has 0 unspecified atom stereocenters. The monoisotopic (exact) mass is 352 g/mol. The first kappa shape index (κ1) is 19.3. The van der Waals surface area contributed by atoms with E-state index < -0.39 is 0 Å². The number of nitrogens with zero attached hydrogens (tertiary/aromatic N) is 2. The van der Waals surface area contributed by atoms with Gasteiger partial charge in [-0.1, -0.05) is 24.3 Å². The highest BCUT2D eigenvalue weighted by Gasteiger charge is 2.17. The highest BCUT2D eigenvalue weighted by molar-refractivity contribution is 5.76. The van der Waals surface area contributed by atoms with Gasteiger partial charge in [0, 0.05) is 12.6 Å². The van der Waals surface area contributed by atoms with Crippen LogP contribution in [0, 0.1) is 11.3 Å². The van der Waals surface area contributed by atoms with Gasteiger partial charge in [0.15, 0.2) is 11.5 Å². The van der Waals surface area contributed by atoms with Crippen LogP contribution in [0.4, 0.5) is 0 Å². The van der Waals surface area contributed by atoms with Crippen molar-refractivity contribution in [1.82, 2.24) is 4.90 Å². The summed E-state index contributed by atoms with van der Waals surface area (Å²) in [5, 5.41) is 8.88. The van der Waals surface area contributed by atoms with Crippen molar-refractivity contribution >= 4 is 5.91 Å². The topological polar surface area (TPSA) is 62.6 Å². The number of benzene rings is 2. The normalized spacial score (nSPS) is 10.3. The van der Waals surface area contributed by atoms with Gasteiger partial charge in [-0.05, 0) is 43.7 Å². The summed E-state index contributed by atoms with van der Waals surface area (Å²) in [5.74, 6) is 1.31. The van der Waals surface area contributed by atoms with Gasteiger partial charge >= 0.3 is 0 Å². The van der Waals surface area contributed by atoms with E-state index >= 15 is 0 Å². The molecule has 1 amide bonds. The fourth-order valence-corrected chi connectivity index (χ4v) is 2.57. The minimum atomic E-state index is 0.0271. The fraction of sp³-hybridized carbons (Fsp3) is 0.333. The zero-order valence-corrected chi connectivity index (χ0v) is 15.4. The summed E-state index contributed by atoms with van der Waals surface area (Å²) in [6, 6.07) is 16.8. The lowest BCUT2D eigenvalue weighted by molar-refractivity contribution is -0.134. The highest BCUT2D eigenvalue weighted by atomic mass is 16.5. The maximum Gasteiger partial charge on any atom is 0.226 e. The van der Waals surface area contributed by atoms with Crippen LogP contribution in [0.3, 0.4) is 0 Å². The minimum absolute atomic E-state index is 0.0271. The van der Waals surface area contributed by atoms with Gasteiger partial charge in [-0.15, -0.1) is 0 Å². The van der Waals surface area contributed by atoms with E-state index in [0.717, 1.165) is 5.56 Å². The van der Waals surface area contributed by atoms with E-state index in [1.165, 1.54) is 0 Å². The first-order valence-corrected chi connectivity index (χ1v) is 8.59. The Bertz CT molecular complexity index is 764. The number of ether oxygens (including phenoxy) is 2. The molecule has 0 bridgehead atoms. The zero-order chi connectivity index (χ0) is 18.9. The van der Waals surface area contributed by atoms with Gasteiger partial charge in [0.05, 0.1) is 31.8 Å². The molecule has 0 aliphatic rings. The van der Waals surface area contributed by atoms with Crippen LogP contribution in [0.1, 0.15) is 31.4 Å². The molecule has 136 valence electrons. The van der Waals surface area contributed by atoms with Crippen molar-refractivity contribution in [2.24, 2.45) is 0 Å². The number of hydrogen-bond donors (Lipinski definition) is 0. The van der Waals surface area contributed by atoms with Crippen molar-refractivity contribution in [2.45, 2.75) is 32.9 Å². The first-order chi connectivity index (χ1) is 12.5. The summed E-state index contributed by atoms with van der Waals surface area (Å²) < 4.78 is 10.9. The molecule has 0 atom stereocenters. The van der Waals surface area contributed by atoms with Crippen LogP contribution in [0.2, 0.25) is 0 Å². The molecule has 0 aliphatic carbocycles. The Balaban J connectivity index is 1.94. The van der Waals surface area contributed by atoms with Crippen LogP contribution in [0.5, 0.6) is 11.5 Å². The van der Waals surface area contributed by atoms with Crippen LogP contribution >= 0.6 is 0 Å². The number of carbonyl (C=O) groups excluding carboxylic acids is 1. The first-order valence-electron chi connectivity index (χ1n) is 8.59. The summed E-state index contributed by atoms with van der Waals surface area (Å²) in [7, 11) is 1.59. The molecule has 0 fully saturated rings. The lowest BCUT2D eigenvalue weighted by Crippen LogP contribution is -2.37. The van der Waals surface area contributed by atoms with Crippen LogP contribution in [-0.2, 0) is 11.3 Å². The molecule has 0 aliphatic heterocycles. The third-order valence-corrected chi connectivity index (χ3v) is 4.02. The lowest BCUT2D eigenvalue weighted by Gasteiger charge is -2.27. The summed E-state index contributed by atoms with van der Waals surface area (Å²) in [4.78, 5) is 14.4. The predicted molar refractivity (Wildman–Crippen MR) is 99.9 cm³/mol. The van der Waals surface area contributed by atoms with E-state index in [2.05, 4.69) is 6.07 Å². The van der Waals surface area contributed by atoms with Gasteiger partial charge in [-0.2, -0.15) is 5.26 Å². The minimum Gasteiger partial charge on any atom is -0.493 e. The molecule has 5 nitrogen and oxygen atoms in total. The molecule has 0 N–H and O–H groups in total. The second-order valence-corrected chi connectivity index (χ2v) is 6.17. The highest BCUT2D eigenvalue weighted by Crippen LogP contribution is 2.25. The van der Waals surface area contributed by atoms with E-state index in [-0.39, 0.29) is 25.0 Å². The second-order valence-electron chi connectivity index (χ2n) is 6.17. The summed E-state index contributed by atoms with van der Waals surface area (Å²) in [6.07, 6.45) is 0.284. The van der Waals surface area contributed by atoms with Crippen LogP contribution < -0.4 is 9.47 Å². The molecule has 26 heavy (non-hydrogen) atoms. The van der Waals surface area contributed by atoms with Crippen molar-refractivity contribution in [2.75, 3.05) is 13.7 Å². The molecule has 0 aromatic heterocycles. The van der Waals surface area contributed by atoms with E-state index in [9.17, 15) is 4.79 Å². The smallest absolute Gasteiger partial charge is 0.226 e. The second kappa shape index (κ2) is 9.47. The van der Waals surface area contributed by atoms with Crippen molar-refractivity contribution in [3.05, 3.63) is 59.7 Å². The summed E-state index contributed by atoms with van der Waals surface area (Å²) in [5.41, 5.74) is 1.61. The molecule has 0 saturated carbocycles. The third-order valence-electron chi connectivity index (χ3n) is 4.02. The van der Waals surface area contributed by atoms with Crippen molar-refractivity contribution in [3.63, 3.8) is 0 Å². The Morgan fingerprint density at radius 3 is 2.35 bits per heavy atom. The summed E-state index contributed by atoms with van der Waals surface area (Å²) in [6.45, 7) is 4.78. The molecule has 0 saturated heterocycles. The largest absolute Gasteiger partial charge is 0.493 e. The van der Waals surface area contributed by atoms with Gasteiger partial charge in [-0.25, -0.2) is 0 Å². The molecule has 2 aromatic rings. The number of para-hydroxylation sites is 2. The molecular weight excluding hydrogens is 328 g/mol. The van der Waals surface area contributed by atoms with Crippen molar-refractivity contribution in [3.8, 4) is 17.6 Å². The molecule has 0 spiro atoms. The number of nitriles is 1. The quantitative estimate of drug-likeness (QED) is 0.725. The third kappa shape index (κ3) is 5.25. The molecule has 0 heterocycles. The Labute approximate surface area is 154 Å². The zero-order valence-electron chi connectivity index (χ0n) is 15.4. The van der Waals surface area contributed by atoms with Gasteiger partial charge in [0.25, 0.3) is 0 Å². The maximum atomic E-state index is 12.6. The number of methoxy groups -OCH3 is 1. The van der Waals surface area contributed by atoms with Crippen LogP contribution in [0.25, 0.3) is 0 Å². The van der Waals surface area contributed by atoms with Crippen LogP contribution in [0.15, 0.2) is 48.5 Å². The van der Waals surface area contributed by atoms with E-state index in [1.54, 1.807) is 19.2 Å². The lowest BCUT2D eigenvalue weighted by atomic mass is 10.1. The number of carbonyl (C=O) groups is 1. The van der Waals surface area contributed by atoms with Crippen LogP contribution in [-0.4, -0.2) is 30.6 Å². The maximum absolute atomic E-state index is 12.6.